The summed E-state index contributed by atoms with van der Waals surface area (Å²) in [7, 11) is -4.13. The van der Waals surface area contributed by atoms with Gasteiger partial charge in [0.2, 0.25) is 11.8 Å². The number of carbonyl (C=O) groups is 2. The maximum absolute atomic E-state index is 14.0. The normalized spacial score (nSPS) is 12.5. The highest BCUT2D eigenvalue weighted by Gasteiger charge is 2.33. The molecular weight excluding hydrogens is 569 g/mol. The average molecular weight is 605 g/mol. The number of sulfonamides is 1. The van der Waals surface area contributed by atoms with E-state index in [9.17, 15) is 18.0 Å². The number of hydrogen-bond donors (Lipinski definition) is 1. The van der Waals surface area contributed by atoms with Crippen molar-refractivity contribution in [3.63, 3.8) is 0 Å². The number of hydrogen-bond acceptors (Lipinski definition) is 4. The summed E-state index contributed by atoms with van der Waals surface area (Å²) in [5.41, 5.74) is 2.23. The Bertz CT molecular complexity index is 1490. The van der Waals surface area contributed by atoms with Crippen molar-refractivity contribution in [3.05, 3.63) is 93.5 Å². The van der Waals surface area contributed by atoms with E-state index in [2.05, 4.69) is 5.32 Å². The number of rotatable bonds is 9. The van der Waals surface area contributed by atoms with E-state index in [1.54, 1.807) is 55.5 Å². The molecule has 214 valence electrons. The largest absolute Gasteiger partial charge is 0.350 e. The standard InChI is InChI=1S/C30H35Cl2N3O4S/c1-20-12-15-25(16-21(20)2)35(40(38,39)26-10-8-7-9-11-26)19-28(36)34(22(3)29(37)33-30(4,5)6)18-23-13-14-24(31)17-27(23)32/h7-17,22H,18-19H2,1-6H3,(H,33,37). The van der Waals surface area contributed by atoms with Gasteiger partial charge in [-0.2, -0.15) is 0 Å². The smallest absolute Gasteiger partial charge is 0.264 e. The summed E-state index contributed by atoms with van der Waals surface area (Å²) in [4.78, 5) is 28.6. The van der Waals surface area contributed by atoms with Gasteiger partial charge in [0.1, 0.15) is 12.6 Å². The molecule has 0 aliphatic rings. The molecule has 0 fully saturated rings. The lowest BCUT2D eigenvalue weighted by molar-refractivity contribution is -0.140. The van der Waals surface area contributed by atoms with Gasteiger partial charge >= 0.3 is 0 Å². The second kappa shape index (κ2) is 12.6. The molecule has 0 radical (unpaired) electrons. The fourth-order valence-electron chi connectivity index (χ4n) is 4.02. The second-order valence-electron chi connectivity index (χ2n) is 10.8. The highest BCUT2D eigenvalue weighted by Crippen LogP contribution is 2.28. The Labute approximate surface area is 247 Å². The third kappa shape index (κ3) is 7.77. The van der Waals surface area contributed by atoms with Crippen LogP contribution in [-0.4, -0.2) is 43.3 Å². The van der Waals surface area contributed by atoms with E-state index in [-0.39, 0.29) is 17.3 Å². The molecule has 0 bridgehead atoms. The predicted molar refractivity (Wildman–Crippen MR) is 161 cm³/mol. The molecule has 0 heterocycles. The first-order valence-electron chi connectivity index (χ1n) is 12.8. The Morgan fingerprint density at radius 2 is 1.57 bits per heavy atom. The second-order valence-corrected chi connectivity index (χ2v) is 13.5. The number of halogens is 2. The minimum atomic E-state index is -4.13. The Balaban J connectivity index is 2.07. The van der Waals surface area contributed by atoms with E-state index in [4.69, 9.17) is 23.2 Å². The van der Waals surface area contributed by atoms with Gasteiger partial charge in [0.05, 0.1) is 10.6 Å². The lowest BCUT2D eigenvalue weighted by atomic mass is 10.1. The first-order valence-corrected chi connectivity index (χ1v) is 15.0. The van der Waals surface area contributed by atoms with Crippen molar-refractivity contribution in [2.45, 2.75) is 64.6 Å². The molecule has 0 aliphatic carbocycles. The van der Waals surface area contributed by atoms with Crippen LogP contribution in [-0.2, 0) is 26.2 Å². The molecule has 3 aromatic rings. The van der Waals surface area contributed by atoms with E-state index < -0.39 is 34.1 Å². The third-order valence-corrected chi connectivity index (χ3v) is 8.78. The van der Waals surface area contributed by atoms with Gasteiger partial charge in [-0.3, -0.25) is 13.9 Å². The lowest BCUT2D eigenvalue weighted by Crippen LogP contribution is -2.54. The van der Waals surface area contributed by atoms with Crippen LogP contribution in [0.3, 0.4) is 0 Å². The summed E-state index contributed by atoms with van der Waals surface area (Å²) < 4.78 is 28.8. The van der Waals surface area contributed by atoms with E-state index in [0.29, 0.717) is 21.3 Å². The lowest BCUT2D eigenvalue weighted by Gasteiger charge is -2.33. The molecule has 0 aromatic heterocycles. The Hall–Kier alpha value is -3.07. The van der Waals surface area contributed by atoms with E-state index in [1.165, 1.54) is 17.0 Å². The summed E-state index contributed by atoms with van der Waals surface area (Å²) in [5, 5.41) is 3.66. The summed E-state index contributed by atoms with van der Waals surface area (Å²) in [6, 6.07) is 17.1. The highest BCUT2D eigenvalue weighted by atomic mass is 35.5. The van der Waals surface area contributed by atoms with Gasteiger partial charge in [-0.15, -0.1) is 0 Å². The number of aryl methyl sites for hydroxylation is 2. The number of carbonyl (C=O) groups excluding carboxylic acids is 2. The molecule has 0 aliphatic heterocycles. The van der Waals surface area contributed by atoms with Crippen molar-refractivity contribution in [3.8, 4) is 0 Å². The Kier molecular flexibility index (Phi) is 9.93. The molecule has 0 saturated carbocycles. The molecule has 0 spiro atoms. The van der Waals surface area contributed by atoms with E-state index in [1.807, 2.05) is 40.7 Å². The highest BCUT2D eigenvalue weighted by molar-refractivity contribution is 7.92. The van der Waals surface area contributed by atoms with Crippen molar-refractivity contribution >= 4 is 50.7 Å². The average Bonchev–Trinajstić information content (AvgIpc) is 2.87. The van der Waals surface area contributed by atoms with Gasteiger partial charge in [-0.05, 0) is 94.6 Å². The molecule has 40 heavy (non-hydrogen) atoms. The first kappa shape index (κ1) is 31.5. The van der Waals surface area contributed by atoms with Crippen LogP contribution < -0.4 is 9.62 Å². The van der Waals surface area contributed by atoms with Crippen LogP contribution in [0.4, 0.5) is 5.69 Å². The fourth-order valence-corrected chi connectivity index (χ4v) is 5.91. The number of benzene rings is 3. The van der Waals surface area contributed by atoms with E-state index >= 15 is 0 Å². The zero-order valence-electron chi connectivity index (χ0n) is 23.5. The molecule has 1 N–H and O–H groups in total. The van der Waals surface area contributed by atoms with Crippen LogP contribution in [0.25, 0.3) is 0 Å². The molecule has 1 atom stereocenters. The van der Waals surface area contributed by atoms with Gasteiger partial charge in [-0.25, -0.2) is 8.42 Å². The zero-order valence-corrected chi connectivity index (χ0v) is 25.9. The topological polar surface area (TPSA) is 86.8 Å². The van der Waals surface area contributed by atoms with Gasteiger partial charge in [-0.1, -0.05) is 53.5 Å². The molecule has 3 rings (SSSR count). The molecule has 10 heteroatoms. The summed E-state index contributed by atoms with van der Waals surface area (Å²) in [5.74, 6) is -0.949. The van der Waals surface area contributed by atoms with Crippen LogP contribution in [0, 0.1) is 13.8 Å². The SMILES string of the molecule is Cc1ccc(N(CC(=O)N(Cc2ccc(Cl)cc2Cl)C(C)C(=O)NC(C)(C)C)S(=O)(=O)c2ccccc2)cc1C. The monoisotopic (exact) mass is 603 g/mol. The minimum Gasteiger partial charge on any atom is -0.350 e. The van der Waals surface area contributed by atoms with Gasteiger partial charge < -0.3 is 10.2 Å². The molecule has 1 unspecified atom stereocenters. The Morgan fingerprint density at radius 3 is 2.15 bits per heavy atom. The molecular formula is C30H35Cl2N3O4S. The van der Waals surface area contributed by atoms with Crippen molar-refractivity contribution in [1.82, 2.24) is 10.2 Å². The van der Waals surface area contributed by atoms with Gasteiger partial charge in [0.15, 0.2) is 0 Å². The van der Waals surface area contributed by atoms with Crippen LogP contribution in [0.5, 0.6) is 0 Å². The summed E-state index contributed by atoms with van der Waals surface area (Å²) in [6.07, 6.45) is 0. The van der Waals surface area contributed by atoms with Crippen molar-refractivity contribution < 1.29 is 18.0 Å². The fraction of sp³-hybridized carbons (Fsp3) is 0.333. The third-order valence-electron chi connectivity index (χ3n) is 6.41. The number of nitrogens with one attached hydrogen (secondary N) is 1. The molecule has 7 nitrogen and oxygen atoms in total. The number of amides is 2. The maximum Gasteiger partial charge on any atom is 0.264 e. The minimum absolute atomic E-state index is 0.0281. The summed E-state index contributed by atoms with van der Waals surface area (Å²) >= 11 is 12.5. The van der Waals surface area contributed by atoms with E-state index in [0.717, 1.165) is 15.4 Å². The van der Waals surface area contributed by atoms with Crippen LogP contribution in [0.15, 0.2) is 71.6 Å². The predicted octanol–water partition coefficient (Wildman–Crippen LogP) is 6.14. The van der Waals surface area contributed by atoms with Crippen LogP contribution in [0.2, 0.25) is 10.0 Å². The first-order chi connectivity index (χ1) is 18.6. The molecule has 3 aromatic carbocycles. The zero-order chi connectivity index (χ0) is 29.8. The molecule has 2 amide bonds. The molecule has 0 saturated heterocycles. The quantitative estimate of drug-likeness (QED) is 0.318. The number of nitrogens with zero attached hydrogens (tertiary/aromatic N) is 2. The van der Waals surface area contributed by atoms with Gasteiger partial charge in [0.25, 0.3) is 10.0 Å². The van der Waals surface area contributed by atoms with Crippen LogP contribution >= 0.6 is 23.2 Å². The maximum atomic E-state index is 14.0. The number of anilines is 1. The van der Waals surface area contributed by atoms with Crippen molar-refractivity contribution in [2.75, 3.05) is 10.8 Å². The van der Waals surface area contributed by atoms with Crippen LogP contribution in [0.1, 0.15) is 44.4 Å². The Morgan fingerprint density at radius 1 is 0.925 bits per heavy atom. The van der Waals surface area contributed by atoms with Crippen molar-refractivity contribution in [1.29, 1.82) is 0 Å². The summed E-state index contributed by atoms with van der Waals surface area (Å²) in [6.45, 7) is 10.4. The van der Waals surface area contributed by atoms with Gasteiger partial charge in [0, 0.05) is 22.1 Å². The van der Waals surface area contributed by atoms with Crippen molar-refractivity contribution in [2.24, 2.45) is 0 Å².